The van der Waals surface area contributed by atoms with Gasteiger partial charge in [0.2, 0.25) is 0 Å². The Labute approximate surface area is 87.1 Å². The van der Waals surface area contributed by atoms with Gasteiger partial charge in [-0.2, -0.15) is 0 Å². The standard InChI is InChI=1S/C12H23NO/c1-10-6-11(7-10)13-8-12(9-14)4-2-3-5-12/h10-11,13-14H,2-9H2,1H3. The van der Waals surface area contributed by atoms with Gasteiger partial charge < -0.3 is 10.4 Å². The first-order valence-corrected chi connectivity index (χ1v) is 6.08. The lowest BCUT2D eigenvalue weighted by atomic mass is 9.80. The van der Waals surface area contributed by atoms with E-state index >= 15 is 0 Å². The van der Waals surface area contributed by atoms with E-state index < -0.39 is 0 Å². The fraction of sp³-hybridized carbons (Fsp3) is 1.00. The molecular weight excluding hydrogens is 174 g/mol. The zero-order chi connectivity index (χ0) is 10.0. The van der Waals surface area contributed by atoms with Gasteiger partial charge in [-0.1, -0.05) is 19.8 Å². The van der Waals surface area contributed by atoms with Crippen molar-refractivity contribution >= 4 is 0 Å². The minimum atomic E-state index is 0.235. The van der Waals surface area contributed by atoms with Crippen LogP contribution in [0, 0.1) is 11.3 Å². The molecule has 2 aliphatic rings. The van der Waals surface area contributed by atoms with E-state index in [-0.39, 0.29) is 5.41 Å². The minimum absolute atomic E-state index is 0.235. The Kier molecular flexibility index (Phi) is 3.13. The first-order chi connectivity index (χ1) is 6.74. The summed E-state index contributed by atoms with van der Waals surface area (Å²) in [4.78, 5) is 0. The number of rotatable bonds is 4. The van der Waals surface area contributed by atoms with E-state index in [4.69, 9.17) is 0 Å². The predicted octanol–water partition coefficient (Wildman–Crippen LogP) is 1.93. The Morgan fingerprint density at radius 1 is 1.29 bits per heavy atom. The average molecular weight is 197 g/mol. The number of aliphatic hydroxyl groups is 1. The monoisotopic (exact) mass is 197 g/mol. The molecule has 0 spiro atoms. The maximum absolute atomic E-state index is 9.43. The highest BCUT2D eigenvalue weighted by atomic mass is 16.3. The second-order valence-corrected chi connectivity index (χ2v) is 5.52. The van der Waals surface area contributed by atoms with Gasteiger partial charge in [0, 0.05) is 24.6 Å². The highest BCUT2D eigenvalue weighted by Gasteiger charge is 2.34. The molecule has 0 unspecified atom stereocenters. The lowest BCUT2D eigenvalue weighted by molar-refractivity contribution is 0.113. The molecule has 0 amide bonds. The normalized spacial score (nSPS) is 35.6. The molecule has 0 heterocycles. The summed E-state index contributed by atoms with van der Waals surface area (Å²) in [5.74, 6) is 0.918. The topological polar surface area (TPSA) is 32.3 Å². The van der Waals surface area contributed by atoms with Crippen molar-refractivity contribution in [2.24, 2.45) is 11.3 Å². The van der Waals surface area contributed by atoms with E-state index in [1.807, 2.05) is 0 Å². The SMILES string of the molecule is CC1CC(NCC2(CO)CCCC2)C1. The van der Waals surface area contributed by atoms with Gasteiger partial charge in [-0.05, 0) is 31.6 Å². The van der Waals surface area contributed by atoms with Crippen molar-refractivity contribution < 1.29 is 5.11 Å². The molecule has 82 valence electrons. The fourth-order valence-corrected chi connectivity index (χ4v) is 2.95. The molecule has 0 aromatic rings. The summed E-state index contributed by atoms with van der Waals surface area (Å²) >= 11 is 0. The number of nitrogens with one attached hydrogen (secondary N) is 1. The lowest BCUT2D eigenvalue weighted by Crippen LogP contribution is -2.46. The average Bonchev–Trinajstić information content (AvgIpc) is 2.60. The zero-order valence-electron chi connectivity index (χ0n) is 9.26. The maximum atomic E-state index is 9.43. The van der Waals surface area contributed by atoms with E-state index in [1.54, 1.807) is 0 Å². The Hall–Kier alpha value is -0.0800. The molecule has 2 rings (SSSR count). The highest BCUT2D eigenvalue weighted by molar-refractivity contribution is 4.90. The third-order valence-electron chi connectivity index (χ3n) is 4.14. The molecule has 0 aromatic heterocycles. The summed E-state index contributed by atoms with van der Waals surface area (Å²) < 4.78 is 0. The van der Waals surface area contributed by atoms with Crippen molar-refractivity contribution in [1.29, 1.82) is 0 Å². The first kappa shape index (κ1) is 10.4. The van der Waals surface area contributed by atoms with Crippen LogP contribution in [0.15, 0.2) is 0 Å². The molecule has 14 heavy (non-hydrogen) atoms. The van der Waals surface area contributed by atoms with Gasteiger partial charge in [-0.15, -0.1) is 0 Å². The quantitative estimate of drug-likeness (QED) is 0.722. The number of aliphatic hydroxyl groups excluding tert-OH is 1. The Morgan fingerprint density at radius 2 is 1.93 bits per heavy atom. The number of hydrogen-bond acceptors (Lipinski definition) is 2. The van der Waals surface area contributed by atoms with Gasteiger partial charge in [0.05, 0.1) is 0 Å². The first-order valence-electron chi connectivity index (χ1n) is 6.08. The minimum Gasteiger partial charge on any atom is -0.396 e. The summed E-state index contributed by atoms with van der Waals surface area (Å²) in [5.41, 5.74) is 0.235. The second kappa shape index (κ2) is 4.19. The maximum Gasteiger partial charge on any atom is 0.0499 e. The third-order valence-corrected chi connectivity index (χ3v) is 4.14. The van der Waals surface area contributed by atoms with Gasteiger partial charge in [0.15, 0.2) is 0 Å². The van der Waals surface area contributed by atoms with Crippen molar-refractivity contribution in [2.45, 2.75) is 51.5 Å². The van der Waals surface area contributed by atoms with Crippen LogP contribution in [-0.2, 0) is 0 Å². The van der Waals surface area contributed by atoms with Crippen LogP contribution in [0.5, 0.6) is 0 Å². The van der Waals surface area contributed by atoms with Crippen LogP contribution in [0.4, 0.5) is 0 Å². The summed E-state index contributed by atoms with van der Waals surface area (Å²) in [6.45, 7) is 3.73. The van der Waals surface area contributed by atoms with E-state index in [1.165, 1.54) is 38.5 Å². The van der Waals surface area contributed by atoms with E-state index in [0.29, 0.717) is 6.61 Å². The van der Waals surface area contributed by atoms with Gasteiger partial charge >= 0.3 is 0 Å². The molecule has 2 fully saturated rings. The van der Waals surface area contributed by atoms with Crippen molar-refractivity contribution in [1.82, 2.24) is 5.32 Å². The van der Waals surface area contributed by atoms with E-state index in [0.717, 1.165) is 18.5 Å². The zero-order valence-corrected chi connectivity index (χ0v) is 9.26. The third kappa shape index (κ3) is 2.12. The van der Waals surface area contributed by atoms with Crippen LogP contribution < -0.4 is 5.32 Å². The van der Waals surface area contributed by atoms with Crippen LogP contribution in [0.1, 0.15) is 45.4 Å². The molecule has 0 saturated heterocycles. The molecular formula is C12H23NO. The van der Waals surface area contributed by atoms with Crippen molar-refractivity contribution in [3.8, 4) is 0 Å². The summed E-state index contributed by atoms with van der Waals surface area (Å²) in [5, 5.41) is 13.1. The van der Waals surface area contributed by atoms with Gasteiger partial charge in [0.1, 0.15) is 0 Å². The molecule has 0 radical (unpaired) electrons. The van der Waals surface area contributed by atoms with Crippen LogP contribution in [0.25, 0.3) is 0 Å². The van der Waals surface area contributed by atoms with E-state index in [2.05, 4.69) is 12.2 Å². The molecule has 0 aliphatic heterocycles. The molecule has 0 bridgehead atoms. The highest BCUT2D eigenvalue weighted by Crippen LogP contribution is 2.37. The van der Waals surface area contributed by atoms with Crippen LogP contribution in [0.3, 0.4) is 0 Å². The largest absolute Gasteiger partial charge is 0.396 e. The smallest absolute Gasteiger partial charge is 0.0499 e. The van der Waals surface area contributed by atoms with Crippen LogP contribution in [-0.4, -0.2) is 24.3 Å². The van der Waals surface area contributed by atoms with Crippen molar-refractivity contribution in [3.05, 3.63) is 0 Å². The number of hydrogen-bond donors (Lipinski definition) is 2. The summed E-state index contributed by atoms with van der Waals surface area (Å²) in [6.07, 6.45) is 7.73. The van der Waals surface area contributed by atoms with Gasteiger partial charge in [-0.3, -0.25) is 0 Å². The van der Waals surface area contributed by atoms with Crippen molar-refractivity contribution in [2.75, 3.05) is 13.2 Å². The van der Waals surface area contributed by atoms with E-state index in [9.17, 15) is 5.11 Å². The van der Waals surface area contributed by atoms with Gasteiger partial charge in [-0.25, -0.2) is 0 Å². The fourth-order valence-electron chi connectivity index (χ4n) is 2.95. The lowest BCUT2D eigenvalue weighted by Gasteiger charge is -2.37. The molecule has 2 N–H and O–H groups in total. The van der Waals surface area contributed by atoms with Crippen LogP contribution in [0.2, 0.25) is 0 Å². The Balaban J connectivity index is 1.72. The van der Waals surface area contributed by atoms with Crippen LogP contribution >= 0.6 is 0 Å². The Morgan fingerprint density at radius 3 is 2.43 bits per heavy atom. The molecule has 0 atom stereocenters. The molecule has 0 aromatic carbocycles. The second-order valence-electron chi connectivity index (χ2n) is 5.52. The molecule has 2 saturated carbocycles. The molecule has 2 heteroatoms. The molecule has 2 nitrogen and oxygen atoms in total. The summed E-state index contributed by atoms with van der Waals surface area (Å²) in [7, 11) is 0. The molecule has 2 aliphatic carbocycles. The predicted molar refractivity (Wildman–Crippen MR) is 58.2 cm³/mol. The van der Waals surface area contributed by atoms with Crippen molar-refractivity contribution in [3.63, 3.8) is 0 Å². The summed E-state index contributed by atoms with van der Waals surface area (Å²) in [6, 6.07) is 0.744. The Bertz CT molecular complexity index is 181. The van der Waals surface area contributed by atoms with Gasteiger partial charge in [0.25, 0.3) is 0 Å².